The van der Waals surface area contributed by atoms with Crippen molar-refractivity contribution in [3.63, 3.8) is 0 Å². The van der Waals surface area contributed by atoms with Gasteiger partial charge in [0.1, 0.15) is 5.75 Å². The van der Waals surface area contributed by atoms with Crippen LogP contribution in [-0.2, 0) is 13.1 Å². The summed E-state index contributed by atoms with van der Waals surface area (Å²) in [6.07, 6.45) is 3.65. The molecule has 2 N–H and O–H groups in total. The van der Waals surface area contributed by atoms with E-state index in [0.29, 0.717) is 35.5 Å². The number of halogens is 2. The number of ether oxygens (including phenoxy) is 3. The van der Waals surface area contributed by atoms with Crippen molar-refractivity contribution in [2.45, 2.75) is 26.6 Å². The molecule has 0 spiro atoms. The molecule has 28 heavy (non-hydrogen) atoms. The fraction of sp³-hybridized carbons (Fsp3) is 0.444. The number of nitrogens with zero attached hydrogens (tertiary/aromatic N) is 3. The Bertz CT molecular complexity index is 799. The van der Waals surface area contributed by atoms with E-state index in [0.717, 1.165) is 6.54 Å². The number of hydrogen-bond donors (Lipinski definition) is 2. The van der Waals surface area contributed by atoms with Crippen LogP contribution in [-0.4, -0.2) is 42.7 Å². The number of hydrogen-bond acceptors (Lipinski definition) is 5. The van der Waals surface area contributed by atoms with Crippen molar-refractivity contribution in [3.8, 4) is 17.2 Å². The van der Waals surface area contributed by atoms with E-state index in [1.807, 2.05) is 16.9 Å². The van der Waals surface area contributed by atoms with Gasteiger partial charge in [-0.25, -0.2) is 0 Å². The summed E-state index contributed by atoms with van der Waals surface area (Å²) >= 11 is 0. The molecule has 1 aromatic heterocycles. The van der Waals surface area contributed by atoms with Crippen LogP contribution < -0.4 is 24.8 Å². The Hall–Kier alpha value is -3.04. The second-order valence-corrected chi connectivity index (χ2v) is 6.33. The van der Waals surface area contributed by atoms with Crippen LogP contribution in [0.3, 0.4) is 0 Å². The van der Waals surface area contributed by atoms with E-state index in [1.54, 1.807) is 19.3 Å². The number of benzene rings is 1. The van der Waals surface area contributed by atoms with Gasteiger partial charge in [-0.05, 0) is 18.1 Å². The molecule has 1 aliphatic heterocycles. The van der Waals surface area contributed by atoms with Crippen LogP contribution in [0.15, 0.2) is 35.6 Å². The highest BCUT2D eigenvalue weighted by atomic mass is 19.3. The number of rotatable bonds is 8. The first-order valence-electron chi connectivity index (χ1n) is 8.84. The monoisotopic (exact) mass is 395 g/mol. The Labute approximate surface area is 161 Å². The van der Waals surface area contributed by atoms with Gasteiger partial charge in [0.25, 0.3) is 0 Å². The molecule has 0 amide bonds. The van der Waals surface area contributed by atoms with Crippen LogP contribution in [0.25, 0.3) is 0 Å². The summed E-state index contributed by atoms with van der Waals surface area (Å²) in [5.74, 6) is 1.77. The Balaban J connectivity index is 1.57. The Morgan fingerprint density at radius 1 is 1.32 bits per heavy atom. The van der Waals surface area contributed by atoms with E-state index >= 15 is 0 Å². The molecule has 0 saturated heterocycles. The number of aromatic nitrogens is 2. The first-order chi connectivity index (χ1) is 13.5. The van der Waals surface area contributed by atoms with Gasteiger partial charge in [-0.15, -0.1) is 0 Å². The van der Waals surface area contributed by atoms with Crippen LogP contribution in [0.2, 0.25) is 0 Å². The fourth-order valence-electron chi connectivity index (χ4n) is 2.77. The third-order valence-electron chi connectivity index (χ3n) is 4.12. The van der Waals surface area contributed by atoms with Gasteiger partial charge in [0, 0.05) is 50.7 Å². The zero-order valence-electron chi connectivity index (χ0n) is 15.7. The van der Waals surface area contributed by atoms with Gasteiger partial charge in [0.2, 0.25) is 6.79 Å². The minimum absolute atomic E-state index is 0.0363. The third-order valence-corrected chi connectivity index (χ3v) is 4.12. The SMILES string of the molecule is CN=C(NCc1cc2c(cc1OC(F)F)OCO2)NCC(C)Cn1cccn1. The molecule has 0 fully saturated rings. The van der Waals surface area contributed by atoms with Crippen molar-refractivity contribution in [2.24, 2.45) is 10.9 Å². The Morgan fingerprint density at radius 2 is 2.11 bits per heavy atom. The molecule has 0 radical (unpaired) electrons. The maximum atomic E-state index is 12.7. The summed E-state index contributed by atoms with van der Waals surface area (Å²) in [7, 11) is 1.64. The second kappa shape index (κ2) is 9.25. The molecule has 152 valence electrons. The normalized spacial score (nSPS) is 14.2. The number of guanidine groups is 1. The summed E-state index contributed by atoms with van der Waals surface area (Å²) in [6, 6.07) is 4.92. The second-order valence-electron chi connectivity index (χ2n) is 6.33. The topological polar surface area (TPSA) is 81.9 Å². The van der Waals surface area contributed by atoms with Crippen LogP contribution >= 0.6 is 0 Å². The molecule has 0 aliphatic carbocycles. The number of nitrogens with one attached hydrogen (secondary N) is 2. The van der Waals surface area contributed by atoms with E-state index in [2.05, 4.69) is 32.4 Å². The van der Waals surface area contributed by atoms with Crippen molar-refractivity contribution in [1.29, 1.82) is 0 Å². The van der Waals surface area contributed by atoms with Gasteiger partial charge >= 0.3 is 6.61 Å². The Morgan fingerprint density at radius 3 is 2.79 bits per heavy atom. The van der Waals surface area contributed by atoms with E-state index < -0.39 is 6.61 Å². The largest absolute Gasteiger partial charge is 0.454 e. The summed E-state index contributed by atoms with van der Waals surface area (Å²) in [5.41, 5.74) is 0.511. The van der Waals surface area contributed by atoms with Crippen LogP contribution in [0.1, 0.15) is 12.5 Å². The van der Waals surface area contributed by atoms with E-state index in [1.165, 1.54) is 6.07 Å². The zero-order chi connectivity index (χ0) is 19.9. The first kappa shape index (κ1) is 19.7. The molecule has 3 rings (SSSR count). The predicted octanol–water partition coefficient (Wildman–Crippen LogP) is 2.21. The van der Waals surface area contributed by atoms with E-state index in [9.17, 15) is 8.78 Å². The molecule has 1 unspecified atom stereocenters. The lowest BCUT2D eigenvalue weighted by molar-refractivity contribution is -0.0505. The third kappa shape index (κ3) is 5.24. The number of aliphatic imine (C=N–C) groups is 1. The van der Waals surface area contributed by atoms with Crippen molar-refractivity contribution in [3.05, 3.63) is 36.2 Å². The average molecular weight is 395 g/mol. The summed E-state index contributed by atoms with van der Waals surface area (Å²) in [4.78, 5) is 4.16. The predicted molar refractivity (Wildman–Crippen MR) is 98.8 cm³/mol. The standard InChI is InChI=1S/C18H23F2N5O3/c1-12(10-25-5-3-4-24-25)8-22-18(21-2)23-9-13-6-15-16(27-11-26-15)7-14(13)28-17(19)20/h3-7,12,17H,8-11H2,1-2H3,(H2,21,22,23). The lowest BCUT2D eigenvalue weighted by Gasteiger charge is -2.17. The highest BCUT2D eigenvalue weighted by molar-refractivity contribution is 5.79. The van der Waals surface area contributed by atoms with Crippen molar-refractivity contribution >= 4 is 5.96 Å². The van der Waals surface area contributed by atoms with Crippen molar-refractivity contribution < 1.29 is 23.0 Å². The molecule has 2 heterocycles. The van der Waals surface area contributed by atoms with Gasteiger partial charge in [0.15, 0.2) is 17.5 Å². The molecule has 1 atom stereocenters. The van der Waals surface area contributed by atoms with Crippen LogP contribution in [0.4, 0.5) is 8.78 Å². The van der Waals surface area contributed by atoms with Crippen LogP contribution in [0.5, 0.6) is 17.2 Å². The number of fused-ring (bicyclic) bond motifs is 1. The number of alkyl halides is 2. The maximum Gasteiger partial charge on any atom is 0.387 e. The molecule has 0 bridgehead atoms. The van der Waals surface area contributed by atoms with E-state index in [-0.39, 0.29) is 19.1 Å². The van der Waals surface area contributed by atoms with Gasteiger partial charge in [-0.3, -0.25) is 9.67 Å². The summed E-state index contributed by atoms with van der Waals surface area (Å²) in [5, 5.41) is 10.5. The van der Waals surface area contributed by atoms with E-state index in [4.69, 9.17) is 9.47 Å². The average Bonchev–Trinajstić information content (AvgIpc) is 3.32. The van der Waals surface area contributed by atoms with Gasteiger partial charge in [0.05, 0.1) is 0 Å². The summed E-state index contributed by atoms with van der Waals surface area (Å²) in [6.45, 7) is 0.879. The smallest absolute Gasteiger partial charge is 0.387 e. The van der Waals surface area contributed by atoms with Crippen LogP contribution in [0, 0.1) is 5.92 Å². The minimum Gasteiger partial charge on any atom is -0.454 e. The molecule has 8 nitrogen and oxygen atoms in total. The summed E-state index contributed by atoms with van der Waals surface area (Å²) < 4.78 is 42.5. The van der Waals surface area contributed by atoms with Crippen molar-refractivity contribution in [2.75, 3.05) is 20.4 Å². The van der Waals surface area contributed by atoms with Gasteiger partial charge in [-0.1, -0.05) is 6.92 Å². The molecular weight excluding hydrogens is 372 g/mol. The van der Waals surface area contributed by atoms with Gasteiger partial charge < -0.3 is 24.8 Å². The lowest BCUT2D eigenvalue weighted by atomic mass is 10.1. The maximum absolute atomic E-state index is 12.7. The minimum atomic E-state index is -2.93. The molecule has 10 heteroatoms. The Kier molecular flexibility index (Phi) is 6.51. The molecule has 2 aromatic rings. The molecule has 1 aliphatic rings. The highest BCUT2D eigenvalue weighted by Crippen LogP contribution is 2.38. The fourth-order valence-corrected chi connectivity index (χ4v) is 2.77. The van der Waals surface area contributed by atoms with Gasteiger partial charge in [-0.2, -0.15) is 13.9 Å². The molecular formula is C18H23F2N5O3. The highest BCUT2D eigenvalue weighted by Gasteiger charge is 2.20. The molecule has 1 aromatic carbocycles. The molecule has 0 saturated carbocycles. The zero-order valence-corrected chi connectivity index (χ0v) is 15.7. The van der Waals surface area contributed by atoms with Crippen molar-refractivity contribution in [1.82, 2.24) is 20.4 Å². The first-order valence-corrected chi connectivity index (χ1v) is 8.84. The quantitative estimate of drug-likeness (QED) is 0.527. The lowest BCUT2D eigenvalue weighted by Crippen LogP contribution is -2.39.